The second kappa shape index (κ2) is 6.85. The predicted molar refractivity (Wildman–Crippen MR) is 82.2 cm³/mol. The van der Waals surface area contributed by atoms with E-state index in [4.69, 9.17) is 0 Å². The number of hydrogen-bond donors (Lipinski definition) is 2. The lowest BCUT2D eigenvalue weighted by atomic mass is 10.3. The summed E-state index contributed by atoms with van der Waals surface area (Å²) < 4.78 is 1.90. The fourth-order valence-electron chi connectivity index (χ4n) is 2.21. The molecule has 0 aliphatic heterocycles. The SMILES string of the molecule is c1ccc(-n2ccc(CNCCCc3ncc[nH]3)n2)cc1. The number of nitrogens with zero attached hydrogens (tertiary/aromatic N) is 3. The van der Waals surface area contributed by atoms with E-state index in [2.05, 4.69) is 20.4 Å². The zero-order valence-corrected chi connectivity index (χ0v) is 11.9. The minimum Gasteiger partial charge on any atom is -0.349 e. The maximum atomic E-state index is 4.56. The molecule has 1 aromatic carbocycles. The van der Waals surface area contributed by atoms with E-state index in [1.807, 2.05) is 53.5 Å². The first kappa shape index (κ1) is 13.6. The fourth-order valence-corrected chi connectivity index (χ4v) is 2.21. The molecule has 0 bridgehead atoms. The third-order valence-electron chi connectivity index (χ3n) is 3.29. The van der Waals surface area contributed by atoms with Crippen LogP contribution in [0.1, 0.15) is 17.9 Å². The molecule has 0 atom stereocenters. The van der Waals surface area contributed by atoms with Gasteiger partial charge in [-0.25, -0.2) is 9.67 Å². The van der Waals surface area contributed by atoms with Crippen molar-refractivity contribution in [1.82, 2.24) is 25.1 Å². The molecule has 5 heteroatoms. The number of nitrogens with one attached hydrogen (secondary N) is 2. The third kappa shape index (κ3) is 3.79. The van der Waals surface area contributed by atoms with Gasteiger partial charge in [0.15, 0.2) is 0 Å². The molecule has 0 saturated heterocycles. The van der Waals surface area contributed by atoms with Crippen molar-refractivity contribution < 1.29 is 0 Å². The summed E-state index contributed by atoms with van der Waals surface area (Å²) in [5.41, 5.74) is 2.14. The van der Waals surface area contributed by atoms with E-state index in [-0.39, 0.29) is 0 Å². The van der Waals surface area contributed by atoms with Crippen LogP contribution >= 0.6 is 0 Å². The zero-order chi connectivity index (χ0) is 14.3. The van der Waals surface area contributed by atoms with Gasteiger partial charge in [0, 0.05) is 31.6 Å². The molecule has 0 aliphatic rings. The molecule has 5 nitrogen and oxygen atoms in total. The Morgan fingerprint density at radius 1 is 1.14 bits per heavy atom. The maximum Gasteiger partial charge on any atom is 0.106 e. The summed E-state index contributed by atoms with van der Waals surface area (Å²) in [6.45, 7) is 1.75. The summed E-state index contributed by atoms with van der Waals surface area (Å²) in [4.78, 5) is 7.32. The average Bonchev–Trinajstić information content (AvgIpc) is 3.19. The fraction of sp³-hybridized carbons (Fsp3) is 0.250. The van der Waals surface area contributed by atoms with Crippen LogP contribution in [0.25, 0.3) is 5.69 Å². The summed E-state index contributed by atoms with van der Waals surface area (Å²) in [5, 5.41) is 7.98. The first-order valence-electron chi connectivity index (χ1n) is 7.21. The molecular formula is C16H19N5. The first-order valence-corrected chi connectivity index (χ1v) is 7.21. The van der Waals surface area contributed by atoms with Gasteiger partial charge in [-0.3, -0.25) is 0 Å². The van der Waals surface area contributed by atoms with Crippen molar-refractivity contribution in [3.05, 3.63) is 66.5 Å². The van der Waals surface area contributed by atoms with Crippen molar-refractivity contribution in [2.24, 2.45) is 0 Å². The van der Waals surface area contributed by atoms with Gasteiger partial charge in [-0.05, 0) is 31.2 Å². The quantitative estimate of drug-likeness (QED) is 0.653. The predicted octanol–water partition coefficient (Wildman–Crippen LogP) is 2.32. The molecule has 21 heavy (non-hydrogen) atoms. The number of aromatic nitrogens is 4. The van der Waals surface area contributed by atoms with Crippen molar-refractivity contribution in [3.8, 4) is 5.69 Å². The highest BCUT2D eigenvalue weighted by atomic mass is 15.3. The van der Waals surface area contributed by atoms with Gasteiger partial charge in [0.2, 0.25) is 0 Å². The lowest BCUT2D eigenvalue weighted by Crippen LogP contribution is -2.16. The topological polar surface area (TPSA) is 58.5 Å². The summed E-state index contributed by atoms with van der Waals surface area (Å²) in [5.74, 6) is 1.05. The van der Waals surface area contributed by atoms with Gasteiger partial charge in [-0.2, -0.15) is 5.10 Å². The number of para-hydroxylation sites is 1. The molecule has 0 unspecified atom stereocenters. The number of imidazole rings is 1. The van der Waals surface area contributed by atoms with Crippen molar-refractivity contribution in [2.75, 3.05) is 6.54 Å². The Bertz CT molecular complexity index is 642. The van der Waals surface area contributed by atoms with Crippen LogP contribution in [0.15, 0.2) is 55.0 Å². The van der Waals surface area contributed by atoms with E-state index in [1.165, 1.54) is 0 Å². The van der Waals surface area contributed by atoms with Crippen LogP contribution in [-0.4, -0.2) is 26.3 Å². The Kier molecular flexibility index (Phi) is 4.43. The highest BCUT2D eigenvalue weighted by Crippen LogP contribution is 2.06. The minimum absolute atomic E-state index is 0.790. The van der Waals surface area contributed by atoms with Gasteiger partial charge < -0.3 is 10.3 Å². The molecule has 0 aliphatic carbocycles. The van der Waals surface area contributed by atoms with Crippen LogP contribution < -0.4 is 5.32 Å². The Morgan fingerprint density at radius 2 is 2.05 bits per heavy atom. The van der Waals surface area contributed by atoms with Gasteiger partial charge >= 0.3 is 0 Å². The second-order valence-corrected chi connectivity index (χ2v) is 4.90. The Morgan fingerprint density at radius 3 is 2.86 bits per heavy atom. The van der Waals surface area contributed by atoms with E-state index in [0.29, 0.717) is 0 Å². The van der Waals surface area contributed by atoms with E-state index >= 15 is 0 Å². The first-order chi connectivity index (χ1) is 10.4. The lowest BCUT2D eigenvalue weighted by molar-refractivity contribution is 0.628. The molecule has 0 saturated carbocycles. The number of benzene rings is 1. The molecule has 108 valence electrons. The third-order valence-corrected chi connectivity index (χ3v) is 3.29. The molecule has 2 aromatic heterocycles. The summed E-state index contributed by atoms with van der Waals surface area (Å²) in [7, 11) is 0. The molecule has 0 radical (unpaired) electrons. The van der Waals surface area contributed by atoms with Crippen LogP contribution in [0, 0.1) is 0 Å². The molecular weight excluding hydrogens is 262 g/mol. The molecule has 2 heterocycles. The van der Waals surface area contributed by atoms with Gasteiger partial charge in [0.25, 0.3) is 0 Å². The van der Waals surface area contributed by atoms with Gasteiger partial charge in [0.1, 0.15) is 5.82 Å². The van der Waals surface area contributed by atoms with E-state index in [9.17, 15) is 0 Å². The Hall–Kier alpha value is -2.40. The summed E-state index contributed by atoms with van der Waals surface area (Å²) >= 11 is 0. The normalized spacial score (nSPS) is 10.9. The van der Waals surface area contributed by atoms with Crippen LogP contribution in [0.2, 0.25) is 0 Å². The second-order valence-electron chi connectivity index (χ2n) is 4.90. The minimum atomic E-state index is 0.790. The standard InChI is InChI=1S/C16H19N5/c1-2-5-15(6-3-1)21-12-8-14(20-21)13-17-9-4-7-16-18-10-11-19-16/h1-3,5-6,8,10-12,17H,4,7,9,13H2,(H,18,19). The summed E-state index contributed by atoms with van der Waals surface area (Å²) in [6.07, 6.45) is 7.68. The van der Waals surface area contributed by atoms with Crippen LogP contribution in [0.3, 0.4) is 0 Å². The largest absolute Gasteiger partial charge is 0.349 e. The zero-order valence-electron chi connectivity index (χ0n) is 11.9. The van der Waals surface area contributed by atoms with Crippen molar-refractivity contribution in [2.45, 2.75) is 19.4 Å². The molecule has 3 aromatic rings. The van der Waals surface area contributed by atoms with Gasteiger partial charge in [-0.1, -0.05) is 18.2 Å². The van der Waals surface area contributed by atoms with E-state index < -0.39 is 0 Å². The monoisotopic (exact) mass is 281 g/mol. The summed E-state index contributed by atoms with van der Waals surface area (Å²) in [6, 6.07) is 12.2. The molecule has 0 amide bonds. The van der Waals surface area contributed by atoms with Gasteiger partial charge in [0.05, 0.1) is 11.4 Å². The highest BCUT2D eigenvalue weighted by molar-refractivity contribution is 5.30. The van der Waals surface area contributed by atoms with Crippen molar-refractivity contribution in [1.29, 1.82) is 0 Å². The smallest absolute Gasteiger partial charge is 0.106 e. The van der Waals surface area contributed by atoms with E-state index in [1.54, 1.807) is 6.20 Å². The van der Waals surface area contributed by atoms with Crippen molar-refractivity contribution in [3.63, 3.8) is 0 Å². The molecule has 0 spiro atoms. The van der Waals surface area contributed by atoms with Crippen molar-refractivity contribution >= 4 is 0 Å². The maximum absolute atomic E-state index is 4.56. The molecule has 2 N–H and O–H groups in total. The molecule has 3 rings (SSSR count). The average molecular weight is 281 g/mol. The number of H-pyrrole nitrogens is 1. The van der Waals surface area contributed by atoms with Crippen LogP contribution in [-0.2, 0) is 13.0 Å². The highest BCUT2D eigenvalue weighted by Gasteiger charge is 2.00. The van der Waals surface area contributed by atoms with Crippen LogP contribution in [0.5, 0.6) is 0 Å². The lowest BCUT2D eigenvalue weighted by Gasteiger charge is -2.02. The number of rotatable bonds is 7. The Balaban J connectivity index is 1.43. The molecule has 0 fully saturated rings. The number of aromatic amines is 1. The van der Waals surface area contributed by atoms with E-state index in [0.717, 1.165) is 43.1 Å². The number of hydrogen-bond acceptors (Lipinski definition) is 3. The van der Waals surface area contributed by atoms with Crippen LogP contribution in [0.4, 0.5) is 0 Å². The van der Waals surface area contributed by atoms with Gasteiger partial charge in [-0.15, -0.1) is 0 Å². The Labute approximate surface area is 124 Å². The number of aryl methyl sites for hydroxylation is 1.